The summed E-state index contributed by atoms with van der Waals surface area (Å²) >= 11 is 9.90. The Morgan fingerprint density at radius 3 is 2.59 bits per heavy atom. The third-order valence-electron chi connectivity index (χ3n) is 3.65. The largest absolute Gasteiger partial charge is 0.382 e. The number of thioether (sulfide) groups is 1. The fourth-order valence-corrected chi connectivity index (χ4v) is 4.63. The molecule has 9 heteroatoms. The van der Waals surface area contributed by atoms with E-state index < -0.39 is 10.1 Å². The van der Waals surface area contributed by atoms with E-state index in [0.717, 1.165) is 33.7 Å². The van der Waals surface area contributed by atoms with E-state index in [4.69, 9.17) is 16.4 Å². The van der Waals surface area contributed by atoms with Crippen molar-refractivity contribution in [1.29, 1.82) is 0 Å². The molecular weight excluding hydrogens is 470 g/mol. The van der Waals surface area contributed by atoms with E-state index in [1.54, 1.807) is 18.2 Å². The van der Waals surface area contributed by atoms with Crippen LogP contribution in [0.15, 0.2) is 51.8 Å². The van der Waals surface area contributed by atoms with Crippen LogP contribution in [0.2, 0.25) is 0 Å². The van der Waals surface area contributed by atoms with Crippen molar-refractivity contribution in [2.24, 2.45) is 0 Å². The lowest BCUT2D eigenvalue weighted by Gasteiger charge is -2.16. The highest BCUT2D eigenvalue weighted by Gasteiger charge is 2.34. The average Bonchev–Trinajstić information content (AvgIpc) is 2.84. The maximum Gasteiger partial charge on any atom is 0.306 e. The quantitative estimate of drug-likeness (QED) is 0.362. The summed E-state index contributed by atoms with van der Waals surface area (Å²) < 4.78 is 29.2. The van der Waals surface area contributed by atoms with Gasteiger partial charge in [0.2, 0.25) is 0 Å². The van der Waals surface area contributed by atoms with E-state index in [-0.39, 0.29) is 11.7 Å². The molecule has 1 heterocycles. The third-order valence-corrected chi connectivity index (χ3v) is 5.93. The minimum Gasteiger partial charge on any atom is -0.382 e. The van der Waals surface area contributed by atoms with Crippen molar-refractivity contribution in [3.63, 3.8) is 0 Å². The van der Waals surface area contributed by atoms with Crippen LogP contribution in [0.4, 0.5) is 5.69 Å². The Balaban J connectivity index is 2.02. The van der Waals surface area contributed by atoms with Gasteiger partial charge in [0, 0.05) is 10.0 Å². The van der Waals surface area contributed by atoms with Gasteiger partial charge in [0.15, 0.2) is 4.32 Å². The molecule has 0 N–H and O–H groups in total. The van der Waals surface area contributed by atoms with Crippen molar-refractivity contribution < 1.29 is 17.4 Å². The van der Waals surface area contributed by atoms with Crippen molar-refractivity contribution in [1.82, 2.24) is 0 Å². The first-order chi connectivity index (χ1) is 12.7. The Morgan fingerprint density at radius 2 is 1.93 bits per heavy atom. The van der Waals surface area contributed by atoms with Gasteiger partial charge < -0.3 is 4.18 Å². The molecule has 1 amide bonds. The molecule has 1 aliphatic rings. The highest BCUT2D eigenvalue weighted by molar-refractivity contribution is 9.10. The fourth-order valence-electron chi connectivity index (χ4n) is 2.50. The molecule has 0 spiro atoms. The van der Waals surface area contributed by atoms with E-state index in [9.17, 15) is 13.2 Å². The molecule has 2 aromatic rings. The van der Waals surface area contributed by atoms with Gasteiger partial charge in [-0.3, -0.25) is 9.69 Å². The van der Waals surface area contributed by atoms with Gasteiger partial charge in [-0.15, -0.1) is 0 Å². The number of para-hydroxylation sites is 1. The minimum atomic E-state index is -3.70. The van der Waals surface area contributed by atoms with E-state index in [1.807, 2.05) is 31.2 Å². The summed E-state index contributed by atoms with van der Waals surface area (Å²) in [5, 5.41) is 0. The monoisotopic (exact) mass is 483 g/mol. The molecule has 2 aromatic carbocycles. The second kappa shape index (κ2) is 7.75. The van der Waals surface area contributed by atoms with Gasteiger partial charge in [0.25, 0.3) is 5.91 Å². The Kier molecular flexibility index (Phi) is 5.76. The van der Waals surface area contributed by atoms with Crippen LogP contribution in [0.25, 0.3) is 6.08 Å². The Bertz CT molecular complexity index is 1080. The summed E-state index contributed by atoms with van der Waals surface area (Å²) in [6.07, 6.45) is 2.55. The lowest BCUT2D eigenvalue weighted by atomic mass is 10.1. The maximum atomic E-state index is 12.9. The number of rotatable bonds is 4. The molecule has 0 aliphatic carbocycles. The minimum absolute atomic E-state index is 0.141. The van der Waals surface area contributed by atoms with Crippen LogP contribution in [0, 0.1) is 6.92 Å². The first-order valence-electron chi connectivity index (χ1n) is 7.68. The van der Waals surface area contributed by atoms with Gasteiger partial charge in [0.1, 0.15) is 5.75 Å². The number of aryl methyl sites for hydroxylation is 1. The molecule has 1 saturated heterocycles. The maximum absolute atomic E-state index is 12.9. The molecule has 0 aromatic heterocycles. The second-order valence-electron chi connectivity index (χ2n) is 5.77. The molecule has 140 valence electrons. The van der Waals surface area contributed by atoms with Crippen molar-refractivity contribution in [2.75, 3.05) is 11.2 Å². The van der Waals surface area contributed by atoms with Crippen molar-refractivity contribution >= 4 is 72.0 Å². The molecule has 0 unspecified atom stereocenters. The van der Waals surface area contributed by atoms with Gasteiger partial charge in [-0.1, -0.05) is 58.1 Å². The number of nitrogens with zero attached hydrogens (tertiary/aromatic N) is 1. The number of carbonyl (C=O) groups excluding carboxylic acids is 1. The number of hydrogen-bond acceptors (Lipinski definition) is 6. The van der Waals surface area contributed by atoms with Crippen LogP contribution >= 0.6 is 39.9 Å². The van der Waals surface area contributed by atoms with E-state index in [1.165, 1.54) is 11.0 Å². The highest BCUT2D eigenvalue weighted by atomic mass is 79.9. The van der Waals surface area contributed by atoms with Crippen LogP contribution in [0.3, 0.4) is 0 Å². The number of hydrogen-bond donors (Lipinski definition) is 0. The van der Waals surface area contributed by atoms with Crippen LogP contribution in [-0.4, -0.2) is 24.9 Å². The zero-order valence-corrected chi connectivity index (χ0v) is 18.3. The topological polar surface area (TPSA) is 63.7 Å². The Labute approximate surface area is 175 Å². The zero-order chi connectivity index (χ0) is 19.8. The second-order valence-corrected chi connectivity index (χ2v) is 9.94. The molecular formula is C18H14BrNO4S3. The predicted octanol–water partition coefficient (Wildman–Crippen LogP) is 4.50. The lowest BCUT2D eigenvalue weighted by Crippen LogP contribution is -2.28. The summed E-state index contributed by atoms with van der Waals surface area (Å²) in [7, 11) is -3.70. The van der Waals surface area contributed by atoms with Crippen LogP contribution < -0.4 is 9.08 Å². The number of halogens is 1. The van der Waals surface area contributed by atoms with Crippen molar-refractivity contribution in [3.05, 3.63) is 63.0 Å². The Hall–Kier alpha value is -1.68. The van der Waals surface area contributed by atoms with E-state index >= 15 is 0 Å². The highest BCUT2D eigenvalue weighted by Crippen LogP contribution is 2.38. The number of carbonyl (C=O) groups is 1. The summed E-state index contributed by atoms with van der Waals surface area (Å²) in [6, 6.07) is 12.3. The predicted molar refractivity (Wildman–Crippen MR) is 116 cm³/mol. The van der Waals surface area contributed by atoms with E-state index in [0.29, 0.717) is 14.8 Å². The molecule has 0 bridgehead atoms. The summed E-state index contributed by atoms with van der Waals surface area (Å²) in [5.74, 6) is -0.119. The summed E-state index contributed by atoms with van der Waals surface area (Å²) in [5.41, 5.74) is 2.11. The SMILES string of the molecule is Cc1ccccc1N1C(=O)/C(=C/c2cc(Br)ccc2OS(C)(=O)=O)SC1=S. The van der Waals surface area contributed by atoms with Gasteiger partial charge in [-0.2, -0.15) is 8.42 Å². The van der Waals surface area contributed by atoms with Gasteiger partial charge in [-0.05, 0) is 42.8 Å². The van der Waals surface area contributed by atoms with Gasteiger partial charge >= 0.3 is 10.1 Å². The first-order valence-corrected chi connectivity index (χ1v) is 11.5. The summed E-state index contributed by atoms with van der Waals surface area (Å²) in [4.78, 5) is 14.8. The normalized spacial score (nSPS) is 16.3. The van der Waals surface area contributed by atoms with Crippen LogP contribution in [-0.2, 0) is 14.9 Å². The number of thiocarbonyl (C=S) groups is 1. The van der Waals surface area contributed by atoms with Crippen LogP contribution in [0.1, 0.15) is 11.1 Å². The smallest absolute Gasteiger partial charge is 0.306 e. The molecule has 27 heavy (non-hydrogen) atoms. The number of benzene rings is 2. The van der Waals surface area contributed by atoms with Crippen LogP contribution in [0.5, 0.6) is 5.75 Å². The zero-order valence-electron chi connectivity index (χ0n) is 14.3. The number of amides is 1. The molecule has 0 saturated carbocycles. The van der Waals surface area contributed by atoms with Crippen molar-refractivity contribution in [2.45, 2.75) is 6.92 Å². The number of anilines is 1. The molecule has 0 radical (unpaired) electrons. The standard InChI is InChI=1S/C18H14BrNO4S3/c1-11-5-3-4-6-14(11)20-17(21)16(26-18(20)25)10-12-9-13(19)7-8-15(12)24-27(2,22)23/h3-10H,1-2H3/b16-10-. The fraction of sp³-hybridized carbons (Fsp3) is 0.111. The lowest BCUT2D eigenvalue weighted by molar-refractivity contribution is -0.113. The van der Waals surface area contributed by atoms with E-state index in [2.05, 4.69) is 15.9 Å². The molecule has 5 nitrogen and oxygen atoms in total. The molecule has 1 aliphatic heterocycles. The third kappa shape index (κ3) is 4.60. The van der Waals surface area contributed by atoms with Gasteiger partial charge in [-0.25, -0.2) is 0 Å². The first kappa shape index (κ1) is 20.1. The average molecular weight is 484 g/mol. The van der Waals surface area contributed by atoms with Crippen molar-refractivity contribution in [3.8, 4) is 5.75 Å². The molecule has 0 atom stereocenters. The molecule has 1 fully saturated rings. The Morgan fingerprint density at radius 1 is 1.22 bits per heavy atom. The summed E-state index contributed by atoms with van der Waals surface area (Å²) in [6.45, 7) is 1.91. The van der Waals surface area contributed by atoms with Gasteiger partial charge in [0.05, 0.1) is 16.8 Å². The molecule has 3 rings (SSSR count).